The number of aliphatic imine (C=N–C) groups is 1. The van der Waals surface area contributed by atoms with Gasteiger partial charge in [0.15, 0.2) is 5.17 Å². The zero-order chi connectivity index (χ0) is 11.1. The van der Waals surface area contributed by atoms with Gasteiger partial charge in [0.25, 0.3) is 0 Å². The summed E-state index contributed by atoms with van der Waals surface area (Å²) in [6, 6.07) is 0. The second-order valence-electron chi connectivity index (χ2n) is 4.24. The van der Waals surface area contributed by atoms with Crippen LogP contribution in [0.25, 0.3) is 0 Å². The van der Waals surface area contributed by atoms with Crippen molar-refractivity contribution in [1.29, 1.82) is 0 Å². The molecule has 1 aliphatic heterocycles. The second-order valence-corrected chi connectivity index (χ2v) is 5.53. The summed E-state index contributed by atoms with van der Waals surface area (Å²) in [5, 5.41) is 5.40. The maximum atomic E-state index is 4.54. The van der Waals surface area contributed by atoms with Crippen molar-refractivity contribution >= 4 is 16.9 Å². The molecule has 1 atom stereocenters. The molecule has 0 saturated carbocycles. The molecule has 1 unspecified atom stereocenters. The summed E-state index contributed by atoms with van der Waals surface area (Å²) in [7, 11) is 0. The molecule has 1 N–H and O–H groups in total. The van der Waals surface area contributed by atoms with Gasteiger partial charge in [0.1, 0.15) is 0 Å². The van der Waals surface area contributed by atoms with E-state index in [1.54, 1.807) is 0 Å². The number of hydrogen-bond donors (Lipinski definition) is 1. The Hall–Kier alpha value is -0.180. The quantitative estimate of drug-likeness (QED) is 0.754. The van der Waals surface area contributed by atoms with Crippen LogP contribution in [-0.2, 0) is 0 Å². The molecule has 88 valence electrons. The first kappa shape index (κ1) is 12.9. The number of thioether (sulfide) groups is 1. The highest BCUT2D eigenvalue weighted by Crippen LogP contribution is 2.23. The van der Waals surface area contributed by atoms with E-state index in [0.717, 1.165) is 24.3 Å². The predicted molar refractivity (Wildman–Crippen MR) is 70.7 cm³/mol. The van der Waals surface area contributed by atoms with Gasteiger partial charge in [-0.05, 0) is 12.3 Å². The molecule has 2 nitrogen and oxygen atoms in total. The third-order valence-corrected chi connectivity index (χ3v) is 4.24. The molecule has 0 aromatic carbocycles. The standard InChI is InChI=1S/C12H24N2S/c1-4-7-11-9-14-12(15-11)13-8-10(5-2)6-3/h10-11H,4-9H2,1-3H3,(H,13,14). The average Bonchev–Trinajstić information content (AvgIpc) is 2.68. The molecule has 0 amide bonds. The Bertz CT molecular complexity index is 200. The minimum Gasteiger partial charge on any atom is -0.365 e. The van der Waals surface area contributed by atoms with Crippen LogP contribution < -0.4 is 5.32 Å². The van der Waals surface area contributed by atoms with Crippen LogP contribution in [0.15, 0.2) is 4.99 Å². The maximum absolute atomic E-state index is 4.54. The zero-order valence-electron chi connectivity index (χ0n) is 10.3. The molecule has 0 radical (unpaired) electrons. The fraction of sp³-hybridized carbons (Fsp3) is 0.917. The van der Waals surface area contributed by atoms with E-state index < -0.39 is 0 Å². The molecule has 1 rings (SSSR count). The lowest BCUT2D eigenvalue weighted by Gasteiger charge is -2.14. The van der Waals surface area contributed by atoms with E-state index in [-0.39, 0.29) is 0 Å². The summed E-state index contributed by atoms with van der Waals surface area (Å²) in [4.78, 5) is 4.54. The van der Waals surface area contributed by atoms with Gasteiger partial charge in [0, 0.05) is 11.8 Å². The minimum atomic E-state index is 0.735. The predicted octanol–water partition coefficient (Wildman–Crippen LogP) is 3.28. The van der Waals surface area contributed by atoms with Gasteiger partial charge in [0.05, 0.1) is 6.54 Å². The highest BCUT2D eigenvalue weighted by molar-refractivity contribution is 8.14. The smallest absolute Gasteiger partial charge is 0.156 e. The van der Waals surface area contributed by atoms with E-state index in [0.29, 0.717) is 0 Å². The van der Waals surface area contributed by atoms with Crippen molar-refractivity contribution in [3.05, 3.63) is 0 Å². The normalized spacial score (nSPS) is 20.8. The second kappa shape index (κ2) is 7.15. The van der Waals surface area contributed by atoms with E-state index in [2.05, 4.69) is 31.1 Å². The average molecular weight is 228 g/mol. The van der Waals surface area contributed by atoms with Crippen LogP contribution in [-0.4, -0.2) is 23.5 Å². The Labute approximate surface area is 98.3 Å². The lowest BCUT2D eigenvalue weighted by molar-refractivity contribution is 0.486. The van der Waals surface area contributed by atoms with Gasteiger partial charge < -0.3 is 5.32 Å². The molecule has 0 aliphatic carbocycles. The van der Waals surface area contributed by atoms with Gasteiger partial charge in [-0.2, -0.15) is 0 Å². The molecule has 1 heterocycles. The van der Waals surface area contributed by atoms with Gasteiger partial charge >= 0.3 is 0 Å². The van der Waals surface area contributed by atoms with Crippen molar-refractivity contribution in [3.8, 4) is 0 Å². The molecule has 1 aliphatic rings. The molecule has 0 aromatic heterocycles. The van der Waals surface area contributed by atoms with Crippen molar-refractivity contribution in [2.75, 3.05) is 13.1 Å². The van der Waals surface area contributed by atoms with Crippen molar-refractivity contribution in [2.45, 2.75) is 51.7 Å². The zero-order valence-corrected chi connectivity index (χ0v) is 11.1. The van der Waals surface area contributed by atoms with E-state index in [1.165, 1.54) is 30.9 Å². The third-order valence-electron chi connectivity index (χ3n) is 3.02. The summed E-state index contributed by atoms with van der Waals surface area (Å²) in [6.45, 7) is 8.89. The molecule has 15 heavy (non-hydrogen) atoms. The van der Waals surface area contributed by atoms with Crippen LogP contribution >= 0.6 is 11.8 Å². The lowest BCUT2D eigenvalue weighted by atomic mass is 10.0. The molecular formula is C12H24N2S. The van der Waals surface area contributed by atoms with Crippen LogP contribution in [0.4, 0.5) is 0 Å². The topological polar surface area (TPSA) is 24.4 Å². The molecule has 0 fully saturated rings. The molecule has 3 heteroatoms. The first-order valence-corrected chi connectivity index (χ1v) is 7.13. The summed E-state index contributed by atoms with van der Waals surface area (Å²) < 4.78 is 0. The van der Waals surface area contributed by atoms with Crippen molar-refractivity contribution in [1.82, 2.24) is 5.32 Å². The van der Waals surface area contributed by atoms with Gasteiger partial charge in [-0.1, -0.05) is 51.8 Å². The third kappa shape index (κ3) is 4.45. The Morgan fingerprint density at radius 3 is 2.73 bits per heavy atom. The van der Waals surface area contributed by atoms with Crippen molar-refractivity contribution in [3.63, 3.8) is 0 Å². The fourth-order valence-corrected chi connectivity index (χ4v) is 2.93. The molecular weight excluding hydrogens is 204 g/mol. The number of hydrogen-bond acceptors (Lipinski definition) is 3. The number of rotatable bonds is 6. The van der Waals surface area contributed by atoms with Gasteiger partial charge in [0.2, 0.25) is 0 Å². The van der Waals surface area contributed by atoms with Crippen molar-refractivity contribution in [2.24, 2.45) is 10.9 Å². The van der Waals surface area contributed by atoms with Crippen LogP contribution in [0, 0.1) is 5.92 Å². The molecule has 0 spiro atoms. The Morgan fingerprint density at radius 2 is 2.13 bits per heavy atom. The first-order chi connectivity index (χ1) is 7.30. The minimum absolute atomic E-state index is 0.735. The molecule has 0 aromatic rings. The Balaban J connectivity index is 2.18. The highest BCUT2D eigenvalue weighted by Gasteiger charge is 2.18. The molecule has 0 bridgehead atoms. The van der Waals surface area contributed by atoms with Crippen molar-refractivity contribution < 1.29 is 0 Å². The summed E-state index contributed by atoms with van der Waals surface area (Å²) in [5.74, 6) is 0.804. The van der Waals surface area contributed by atoms with E-state index in [4.69, 9.17) is 0 Å². The SMILES string of the molecule is CCCC1CN=C(NCC(CC)CC)S1. The molecule has 0 saturated heterocycles. The van der Waals surface area contributed by atoms with Crippen LogP contribution in [0.1, 0.15) is 46.5 Å². The number of nitrogens with one attached hydrogen (secondary N) is 1. The summed E-state index contributed by atoms with van der Waals surface area (Å²) in [5.41, 5.74) is 0. The Morgan fingerprint density at radius 1 is 1.40 bits per heavy atom. The largest absolute Gasteiger partial charge is 0.365 e. The van der Waals surface area contributed by atoms with Crippen LogP contribution in [0.2, 0.25) is 0 Å². The maximum Gasteiger partial charge on any atom is 0.156 e. The van der Waals surface area contributed by atoms with E-state index in [9.17, 15) is 0 Å². The summed E-state index contributed by atoms with van der Waals surface area (Å²) >= 11 is 1.94. The summed E-state index contributed by atoms with van der Waals surface area (Å²) in [6.07, 6.45) is 5.09. The number of amidine groups is 1. The first-order valence-electron chi connectivity index (χ1n) is 6.25. The monoisotopic (exact) mass is 228 g/mol. The number of nitrogens with zero attached hydrogens (tertiary/aromatic N) is 1. The van der Waals surface area contributed by atoms with E-state index in [1.807, 2.05) is 11.8 Å². The lowest BCUT2D eigenvalue weighted by Crippen LogP contribution is -2.26. The van der Waals surface area contributed by atoms with Crippen LogP contribution in [0.3, 0.4) is 0 Å². The highest BCUT2D eigenvalue weighted by atomic mass is 32.2. The fourth-order valence-electron chi connectivity index (χ4n) is 1.80. The van der Waals surface area contributed by atoms with Gasteiger partial charge in [-0.3, -0.25) is 4.99 Å². The van der Waals surface area contributed by atoms with Gasteiger partial charge in [-0.15, -0.1) is 0 Å². The van der Waals surface area contributed by atoms with Crippen LogP contribution in [0.5, 0.6) is 0 Å². The van der Waals surface area contributed by atoms with Gasteiger partial charge in [-0.25, -0.2) is 0 Å². The van der Waals surface area contributed by atoms with E-state index >= 15 is 0 Å². The Kier molecular flexibility index (Phi) is 6.15.